The molecule has 0 atom stereocenters. The predicted octanol–water partition coefficient (Wildman–Crippen LogP) is 4.01. The molecule has 23 heavy (non-hydrogen) atoms. The first-order valence-corrected chi connectivity index (χ1v) is 8.49. The van der Waals surface area contributed by atoms with Gasteiger partial charge in [-0.2, -0.15) is 0 Å². The zero-order valence-electron chi connectivity index (χ0n) is 13.7. The lowest BCUT2D eigenvalue weighted by Crippen LogP contribution is -2.20. The van der Waals surface area contributed by atoms with Gasteiger partial charge in [-0.05, 0) is 44.7 Å². The van der Waals surface area contributed by atoms with Crippen LogP contribution in [-0.2, 0) is 4.79 Å². The third-order valence-electron chi connectivity index (χ3n) is 4.72. The Morgan fingerprint density at radius 3 is 2.43 bits per heavy atom. The molecule has 4 rings (SSSR count). The number of fused-ring (bicyclic) bond motifs is 1. The van der Waals surface area contributed by atoms with E-state index in [2.05, 4.69) is 47.1 Å². The van der Waals surface area contributed by atoms with Gasteiger partial charge in [0.25, 0.3) is 0 Å². The number of benzene rings is 1. The van der Waals surface area contributed by atoms with Crippen molar-refractivity contribution in [3.63, 3.8) is 0 Å². The second-order valence-corrected chi connectivity index (χ2v) is 6.46. The summed E-state index contributed by atoms with van der Waals surface area (Å²) in [7, 11) is 0. The second kappa shape index (κ2) is 6.99. The summed E-state index contributed by atoms with van der Waals surface area (Å²) < 4.78 is 0. The van der Waals surface area contributed by atoms with E-state index in [1.807, 2.05) is 0 Å². The van der Waals surface area contributed by atoms with Crippen LogP contribution in [0.5, 0.6) is 0 Å². The summed E-state index contributed by atoms with van der Waals surface area (Å²) in [5, 5.41) is 9.52. The minimum atomic E-state index is -0.619. The van der Waals surface area contributed by atoms with E-state index in [0.717, 1.165) is 30.5 Å². The largest absolute Gasteiger partial charge is 0.481 e. The van der Waals surface area contributed by atoms with Crippen molar-refractivity contribution < 1.29 is 9.90 Å². The van der Waals surface area contributed by atoms with E-state index in [9.17, 15) is 4.79 Å². The average Bonchev–Trinajstić information content (AvgIpc) is 2.98. The number of carboxylic acids is 1. The van der Waals surface area contributed by atoms with Crippen LogP contribution >= 0.6 is 0 Å². The highest BCUT2D eigenvalue weighted by Crippen LogP contribution is 2.29. The molecule has 1 saturated carbocycles. The first-order valence-electron chi connectivity index (χ1n) is 8.49. The number of para-hydroxylation sites is 1. The fraction of sp³-hybridized carbons (Fsp3) is 0.474. The van der Waals surface area contributed by atoms with Gasteiger partial charge < -0.3 is 10.0 Å². The van der Waals surface area contributed by atoms with Crippen molar-refractivity contribution in [2.24, 2.45) is 5.92 Å². The van der Waals surface area contributed by atoms with Gasteiger partial charge in [-0.15, -0.1) is 0 Å². The lowest BCUT2D eigenvalue weighted by atomic mass is 9.86. The Morgan fingerprint density at radius 2 is 1.87 bits per heavy atom. The third kappa shape index (κ3) is 3.63. The Kier molecular flexibility index (Phi) is 4.79. The van der Waals surface area contributed by atoms with Crippen LogP contribution < -0.4 is 4.90 Å². The van der Waals surface area contributed by atoms with Crippen LogP contribution in [0.2, 0.25) is 0 Å². The number of carbonyl (C=O) groups is 1. The van der Waals surface area contributed by atoms with E-state index >= 15 is 0 Å². The van der Waals surface area contributed by atoms with Crippen molar-refractivity contribution in [3.8, 4) is 0 Å². The highest BCUT2D eigenvalue weighted by molar-refractivity contribution is 5.92. The van der Waals surface area contributed by atoms with Crippen molar-refractivity contribution in [1.29, 1.82) is 0 Å². The summed E-state index contributed by atoms with van der Waals surface area (Å²) in [5.41, 5.74) is 3.59. The van der Waals surface area contributed by atoms with Gasteiger partial charge in [0.15, 0.2) is 0 Å². The summed E-state index contributed by atoms with van der Waals surface area (Å²) in [4.78, 5) is 17.0. The maximum Gasteiger partial charge on any atom is 0.306 e. The number of nitrogens with zero attached hydrogens (tertiary/aromatic N) is 2. The molecule has 2 aromatic rings. The summed E-state index contributed by atoms with van der Waals surface area (Å²) in [6.07, 6.45) is 5.53. The molecular weight excluding hydrogens is 288 g/mol. The third-order valence-corrected chi connectivity index (χ3v) is 4.72. The molecule has 0 amide bonds. The standard InChI is InChI=1S/C14H16N2.C5H8O2/c1-11-10-14(16-8-4-5-9-16)12-6-2-3-7-13(12)15-11;6-5(7)4-2-1-3-4/h2-3,6-7,10H,4-5,8-9H2,1H3;4H,1-3H2,(H,6,7). The van der Waals surface area contributed by atoms with Crippen LogP contribution in [0.15, 0.2) is 30.3 Å². The first kappa shape index (κ1) is 15.8. The number of aliphatic carboxylic acids is 1. The van der Waals surface area contributed by atoms with E-state index < -0.39 is 5.97 Å². The zero-order chi connectivity index (χ0) is 16.2. The molecule has 1 saturated heterocycles. The van der Waals surface area contributed by atoms with Crippen LogP contribution in [0.1, 0.15) is 37.8 Å². The van der Waals surface area contributed by atoms with Crippen molar-refractivity contribution in [3.05, 3.63) is 36.0 Å². The highest BCUT2D eigenvalue weighted by Gasteiger charge is 2.23. The zero-order valence-corrected chi connectivity index (χ0v) is 13.7. The Bertz CT molecular complexity index is 689. The Balaban J connectivity index is 0.000000188. The Labute approximate surface area is 137 Å². The SMILES string of the molecule is Cc1cc(N2CCCC2)c2ccccc2n1.O=C(O)C1CCC1. The summed E-state index contributed by atoms with van der Waals surface area (Å²) in [6, 6.07) is 10.6. The molecule has 2 fully saturated rings. The van der Waals surface area contributed by atoms with E-state index in [1.54, 1.807) is 0 Å². The number of rotatable bonds is 2. The maximum atomic E-state index is 9.98. The van der Waals surface area contributed by atoms with Crippen molar-refractivity contribution in [1.82, 2.24) is 4.98 Å². The van der Waals surface area contributed by atoms with E-state index in [4.69, 9.17) is 5.11 Å². The fourth-order valence-electron chi connectivity index (χ4n) is 3.16. The van der Waals surface area contributed by atoms with Gasteiger partial charge in [0.2, 0.25) is 0 Å². The molecule has 1 aliphatic carbocycles. The van der Waals surface area contributed by atoms with E-state index in [-0.39, 0.29) is 5.92 Å². The van der Waals surface area contributed by atoms with Gasteiger partial charge >= 0.3 is 5.97 Å². The minimum absolute atomic E-state index is 0.000000000000000444. The number of anilines is 1. The number of pyridine rings is 1. The summed E-state index contributed by atoms with van der Waals surface area (Å²) >= 11 is 0. The molecule has 0 unspecified atom stereocenters. The quantitative estimate of drug-likeness (QED) is 0.910. The molecule has 2 heterocycles. The molecule has 1 aromatic heterocycles. The van der Waals surface area contributed by atoms with Crippen LogP contribution in [0.3, 0.4) is 0 Å². The summed E-state index contributed by atoms with van der Waals surface area (Å²) in [5.74, 6) is -0.619. The monoisotopic (exact) mass is 312 g/mol. The molecule has 0 bridgehead atoms. The number of carboxylic acid groups (broad SMARTS) is 1. The number of aromatic nitrogens is 1. The molecule has 122 valence electrons. The summed E-state index contributed by atoms with van der Waals surface area (Å²) in [6.45, 7) is 4.45. The maximum absolute atomic E-state index is 9.98. The molecule has 4 nitrogen and oxygen atoms in total. The molecule has 1 N–H and O–H groups in total. The van der Waals surface area contributed by atoms with E-state index in [1.165, 1.54) is 37.0 Å². The number of hydrogen-bond acceptors (Lipinski definition) is 3. The van der Waals surface area contributed by atoms with Gasteiger partial charge in [0.05, 0.1) is 11.4 Å². The van der Waals surface area contributed by atoms with Crippen LogP contribution in [-0.4, -0.2) is 29.1 Å². The second-order valence-electron chi connectivity index (χ2n) is 6.46. The van der Waals surface area contributed by atoms with Crippen LogP contribution in [0.25, 0.3) is 10.9 Å². The van der Waals surface area contributed by atoms with E-state index in [0.29, 0.717) is 0 Å². The lowest BCUT2D eigenvalue weighted by molar-refractivity contribution is -0.144. The normalized spacial score (nSPS) is 17.5. The van der Waals surface area contributed by atoms with Gasteiger partial charge in [0.1, 0.15) is 0 Å². The van der Waals surface area contributed by atoms with Crippen LogP contribution in [0.4, 0.5) is 5.69 Å². The van der Waals surface area contributed by atoms with Crippen molar-refractivity contribution in [2.45, 2.75) is 39.0 Å². The van der Waals surface area contributed by atoms with Gasteiger partial charge in [-0.3, -0.25) is 9.78 Å². The fourth-order valence-corrected chi connectivity index (χ4v) is 3.16. The lowest BCUT2D eigenvalue weighted by Gasteiger charge is -2.20. The smallest absolute Gasteiger partial charge is 0.306 e. The topological polar surface area (TPSA) is 53.4 Å². The van der Waals surface area contributed by atoms with Gasteiger partial charge in [-0.25, -0.2) is 0 Å². The Hall–Kier alpha value is -2.10. The molecule has 2 aliphatic rings. The van der Waals surface area contributed by atoms with Crippen molar-refractivity contribution >= 4 is 22.6 Å². The van der Waals surface area contributed by atoms with Gasteiger partial charge in [0, 0.05) is 29.9 Å². The highest BCUT2D eigenvalue weighted by atomic mass is 16.4. The molecule has 0 spiro atoms. The van der Waals surface area contributed by atoms with Gasteiger partial charge in [-0.1, -0.05) is 24.6 Å². The predicted molar refractivity (Wildman–Crippen MR) is 92.9 cm³/mol. The molecule has 4 heteroatoms. The molecule has 1 aliphatic heterocycles. The number of hydrogen-bond donors (Lipinski definition) is 1. The Morgan fingerprint density at radius 1 is 1.17 bits per heavy atom. The molecule has 0 radical (unpaired) electrons. The van der Waals surface area contributed by atoms with Crippen LogP contribution in [0, 0.1) is 12.8 Å². The number of aryl methyl sites for hydroxylation is 1. The average molecular weight is 312 g/mol. The molecular formula is C19H24N2O2. The first-order chi connectivity index (χ1) is 11.1. The minimum Gasteiger partial charge on any atom is -0.481 e. The molecule has 1 aromatic carbocycles. The van der Waals surface area contributed by atoms with Crippen molar-refractivity contribution in [2.75, 3.05) is 18.0 Å².